The number of halogens is 1. The number of likely N-dealkylation sites (tertiary alicyclic amines) is 1. The summed E-state index contributed by atoms with van der Waals surface area (Å²) in [7, 11) is 1.96. The molecule has 0 spiro atoms. The highest BCUT2D eigenvalue weighted by Crippen LogP contribution is 2.18. The van der Waals surface area contributed by atoms with Crippen LogP contribution in [0.15, 0.2) is 6.20 Å². The van der Waals surface area contributed by atoms with E-state index in [0.717, 1.165) is 31.5 Å². The van der Waals surface area contributed by atoms with Gasteiger partial charge in [0.2, 0.25) is 0 Å². The van der Waals surface area contributed by atoms with Gasteiger partial charge in [0.05, 0.1) is 19.3 Å². The van der Waals surface area contributed by atoms with E-state index in [-0.39, 0.29) is 0 Å². The fourth-order valence-corrected chi connectivity index (χ4v) is 3.38. The van der Waals surface area contributed by atoms with Crippen LogP contribution in [0.3, 0.4) is 0 Å². The lowest BCUT2D eigenvalue weighted by molar-refractivity contribution is 0.147. The molecule has 6 heteroatoms. The van der Waals surface area contributed by atoms with Gasteiger partial charge in [-0.1, -0.05) is 11.6 Å². The van der Waals surface area contributed by atoms with Gasteiger partial charge in [-0.15, -0.1) is 0 Å². The summed E-state index contributed by atoms with van der Waals surface area (Å²) >= 11 is 6.01. The predicted molar refractivity (Wildman–Crippen MR) is 83.4 cm³/mol. The highest BCUT2D eigenvalue weighted by atomic mass is 35.5. The highest BCUT2D eigenvalue weighted by Gasteiger charge is 2.23. The van der Waals surface area contributed by atoms with Crippen LogP contribution in [0.2, 0.25) is 5.15 Å². The third-order valence-corrected chi connectivity index (χ3v) is 5.06. The maximum absolute atomic E-state index is 6.01. The molecule has 0 radical (unpaired) electrons. The summed E-state index contributed by atoms with van der Waals surface area (Å²) in [5.41, 5.74) is 0. The van der Waals surface area contributed by atoms with Crippen molar-refractivity contribution in [3.8, 4) is 0 Å². The summed E-state index contributed by atoms with van der Waals surface area (Å²) in [6, 6.07) is 0.594. The molecule has 5 nitrogen and oxygen atoms in total. The second kappa shape index (κ2) is 7.09. The smallest absolute Gasteiger partial charge is 0.128 e. The number of hydrogen-bond acceptors (Lipinski definition) is 4. The number of rotatable bonds is 5. The summed E-state index contributed by atoms with van der Waals surface area (Å²) in [4.78, 5) is 6.92. The van der Waals surface area contributed by atoms with Crippen LogP contribution in [0.1, 0.15) is 25.1 Å². The van der Waals surface area contributed by atoms with Crippen molar-refractivity contribution >= 4 is 11.6 Å². The second-order valence-corrected chi connectivity index (χ2v) is 6.63. The van der Waals surface area contributed by atoms with Crippen molar-refractivity contribution in [2.24, 2.45) is 13.0 Å². The fourth-order valence-electron chi connectivity index (χ4n) is 3.24. The van der Waals surface area contributed by atoms with Gasteiger partial charge in [0.25, 0.3) is 0 Å². The monoisotopic (exact) mass is 312 g/mol. The van der Waals surface area contributed by atoms with Gasteiger partial charge in [0, 0.05) is 26.2 Å². The van der Waals surface area contributed by atoms with Gasteiger partial charge in [-0.05, 0) is 38.3 Å². The molecule has 1 atom stereocenters. The van der Waals surface area contributed by atoms with Crippen molar-refractivity contribution in [2.45, 2.75) is 31.8 Å². The molecule has 1 aromatic heterocycles. The van der Waals surface area contributed by atoms with E-state index in [2.05, 4.69) is 15.2 Å². The summed E-state index contributed by atoms with van der Waals surface area (Å²) < 4.78 is 7.40. The first-order valence-electron chi connectivity index (χ1n) is 7.92. The van der Waals surface area contributed by atoms with Crippen LogP contribution in [0, 0.1) is 5.92 Å². The highest BCUT2D eigenvalue weighted by molar-refractivity contribution is 6.29. The van der Waals surface area contributed by atoms with E-state index in [0.29, 0.717) is 11.2 Å². The third-order valence-electron chi connectivity index (χ3n) is 4.70. The largest absolute Gasteiger partial charge is 0.381 e. The number of piperidine rings is 1. The third kappa shape index (κ3) is 3.97. The van der Waals surface area contributed by atoms with Gasteiger partial charge in [-0.3, -0.25) is 0 Å². The van der Waals surface area contributed by atoms with Crippen molar-refractivity contribution in [3.05, 3.63) is 17.2 Å². The lowest BCUT2D eigenvalue weighted by Crippen LogP contribution is -2.44. The minimum absolute atomic E-state index is 0.594. The summed E-state index contributed by atoms with van der Waals surface area (Å²) in [6.07, 6.45) is 5.38. The van der Waals surface area contributed by atoms with E-state index in [1.807, 2.05) is 11.6 Å². The van der Waals surface area contributed by atoms with Crippen LogP contribution in [0.5, 0.6) is 0 Å². The Balaban J connectivity index is 1.38. The number of hydrogen-bond donors (Lipinski definition) is 1. The van der Waals surface area contributed by atoms with Crippen molar-refractivity contribution in [1.82, 2.24) is 19.8 Å². The first-order valence-corrected chi connectivity index (χ1v) is 8.29. The predicted octanol–water partition coefficient (Wildman–Crippen LogP) is 1.66. The Kier molecular flexibility index (Phi) is 5.16. The Hall–Kier alpha value is -0.620. The van der Waals surface area contributed by atoms with E-state index in [9.17, 15) is 0 Å². The van der Waals surface area contributed by atoms with Crippen molar-refractivity contribution in [1.29, 1.82) is 0 Å². The average molecular weight is 313 g/mol. The Morgan fingerprint density at radius 1 is 1.38 bits per heavy atom. The average Bonchev–Trinajstić information content (AvgIpc) is 3.11. The maximum Gasteiger partial charge on any atom is 0.128 e. The van der Waals surface area contributed by atoms with E-state index in [4.69, 9.17) is 16.3 Å². The van der Waals surface area contributed by atoms with E-state index in [1.54, 1.807) is 6.20 Å². The molecule has 0 amide bonds. The molecule has 0 saturated carbocycles. The van der Waals surface area contributed by atoms with E-state index in [1.165, 1.54) is 38.9 Å². The molecule has 21 heavy (non-hydrogen) atoms. The van der Waals surface area contributed by atoms with Gasteiger partial charge in [0.1, 0.15) is 11.0 Å². The number of nitrogens with zero attached hydrogens (tertiary/aromatic N) is 3. The van der Waals surface area contributed by atoms with Crippen LogP contribution in [0.25, 0.3) is 0 Å². The van der Waals surface area contributed by atoms with Gasteiger partial charge >= 0.3 is 0 Å². The molecule has 3 heterocycles. The normalized spacial score (nSPS) is 24.8. The molecule has 2 aliphatic rings. The Morgan fingerprint density at radius 3 is 2.81 bits per heavy atom. The first kappa shape index (κ1) is 15.3. The zero-order valence-corrected chi connectivity index (χ0v) is 13.5. The quantitative estimate of drug-likeness (QED) is 0.898. The maximum atomic E-state index is 6.01. The first-order chi connectivity index (χ1) is 10.2. The van der Waals surface area contributed by atoms with Gasteiger partial charge in [-0.2, -0.15) is 0 Å². The van der Waals surface area contributed by atoms with Crippen LogP contribution < -0.4 is 5.32 Å². The zero-order valence-electron chi connectivity index (χ0n) is 12.7. The molecule has 0 aliphatic carbocycles. The summed E-state index contributed by atoms with van der Waals surface area (Å²) in [6.45, 7) is 6.30. The fraction of sp³-hybridized carbons (Fsp3) is 0.800. The van der Waals surface area contributed by atoms with Crippen molar-refractivity contribution in [3.63, 3.8) is 0 Å². The van der Waals surface area contributed by atoms with Crippen LogP contribution in [0.4, 0.5) is 0 Å². The van der Waals surface area contributed by atoms with E-state index < -0.39 is 0 Å². The van der Waals surface area contributed by atoms with E-state index >= 15 is 0 Å². The molecule has 2 fully saturated rings. The van der Waals surface area contributed by atoms with Crippen LogP contribution >= 0.6 is 11.6 Å². The zero-order chi connectivity index (χ0) is 14.7. The molecule has 1 unspecified atom stereocenters. The van der Waals surface area contributed by atoms with Crippen LogP contribution in [-0.2, 0) is 18.3 Å². The number of nitrogens with one attached hydrogen (secondary N) is 1. The molecule has 0 aromatic carbocycles. The number of imidazole rings is 1. The number of aromatic nitrogens is 2. The second-order valence-electron chi connectivity index (χ2n) is 6.24. The number of ether oxygens (including phenoxy) is 1. The molecule has 3 rings (SSSR count). The topological polar surface area (TPSA) is 42.3 Å². The lowest BCUT2D eigenvalue weighted by atomic mass is 10.0. The Morgan fingerprint density at radius 2 is 2.19 bits per heavy atom. The standard InChI is InChI=1S/C15H25ClN4O/c1-19-14(16)8-18-15(19)9-17-13-2-5-20(6-3-13)10-12-4-7-21-11-12/h8,12-13,17H,2-7,9-11H2,1H3. The van der Waals surface area contributed by atoms with Crippen molar-refractivity contribution in [2.75, 3.05) is 32.8 Å². The summed E-state index contributed by atoms with van der Waals surface area (Å²) in [5, 5.41) is 4.31. The SMILES string of the molecule is Cn1c(Cl)cnc1CNC1CCN(CC2CCOC2)CC1. The molecule has 0 bridgehead atoms. The van der Waals surface area contributed by atoms with Gasteiger partial charge in [0.15, 0.2) is 0 Å². The Labute approximate surface area is 131 Å². The molecule has 2 aliphatic heterocycles. The van der Waals surface area contributed by atoms with Gasteiger partial charge < -0.3 is 19.5 Å². The molecule has 1 aromatic rings. The molecule has 118 valence electrons. The van der Waals surface area contributed by atoms with Crippen molar-refractivity contribution < 1.29 is 4.74 Å². The van der Waals surface area contributed by atoms with Gasteiger partial charge in [-0.25, -0.2) is 4.98 Å². The minimum atomic E-state index is 0.594. The van der Waals surface area contributed by atoms with Crippen LogP contribution in [-0.4, -0.2) is 53.3 Å². The molecule has 1 N–H and O–H groups in total. The minimum Gasteiger partial charge on any atom is -0.381 e. The summed E-state index contributed by atoms with van der Waals surface area (Å²) in [5.74, 6) is 1.76. The molecular formula is C15H25ClN4O. The lowest BCUT2D eigenvalue weighted by Gasteiger charge is -2.33. The Bertz CT molecular complexity index is 451. The molecule has 2 saturated heterocycles. The molecular weight excluding hydrogens is 288 g/mol.